The molecule has 1 aromatic heterocycles. The third-order valence-electron chi connectivity index (χ3n) is 2.98. The fourth-order valence-electron chi connectivity index (χ4n) is 2.04. The Bertz CT molecular complexity index is 377. The van der Waals surface area contributed by atoms with Crippen molar-refractivity contribution in [2.24, 2.45) is 0 Å². The van der Waals surface area contributed by atoms with Gasteiger partial charge in [0.1, 0.15) is 6.33 Å². The number of piperidine rings is 1. The summed E-state index contributed by atoms with van der Waals surface area (Å²) in [6, 6.07) is 0. The lowest BCUT2D eigenvalue weighted by atomic mass is 10.1. The molecule has 98 valence electrons. The second-order valence-electron chi connectivity index (χ2n) is 4.21. The van der Waals surface area contributed by atoms with Crippen LogP contribution >= 0.6 is 0 Å². The van der Waals surface area contributed by atoms with Crippen molar-refractivity contribution >= 4 is 5.91 Å². The van der Waals surface area contributed by atoms with Crippen LogP contribution in [0.3, 0.4) is 0 Å². The number of hydrogen-bond donors (Lipinski definition) is 1. The Labute approximate surface area is 106 Å². The van der Waals surface area contributed by atoms with Crippen LogP contribution in [0.25, 0.3) is 0 Å². The highest BCUT2D eigenvalue weighted by Crippen LogP contribution is 2.15. The van der Waals surface area contributed by atoms with Gasteiger partial charge in [0.15, 0.2) is 0 Å². The van der Waals surface area contributed by atoms with Gasteiger partial charge in [0.2, 0.25) is 0 Å². The first-order valence-electron chi connectivity index (χ1n) is 6.08. The monoisotopic (exact) mass is 251 g/mol. The van der Waals surface area contributed by atoms with Crippen molar-refractivity contribution in [3.05, 3.63) is 24.3 Å². The van der Waals surface area contributed by atoms with Gasteiger partial charge in [-0.3, -0.25) is 4.79 Å². The maximum absolute atomic E-state index is 12.1. The zero-order valence-corrected chi connectivity index (χ0v) is 10.2. The first-order chi connectivity index (χ1) is 8.81. The molecule has 1 fully saturated rings. The largest absolute Gasteiger partial charge is 0.394 e. The summed E-state index contributed by atoms with van der Waals surface area (Å²) in [7, 11) is 0. The van der Waals surface area contributed by atoms with Crippen LogP contribution in [0.4, 0.5) is 0 Å². The van der Waals surface area contributed by atoms with Crippen LogP contribution in [-0.2, 0) is 4.74 Å². The maximum atomic E-state index is 12.1. The van der Waals surface area contributed by atoms with E-state index >= 15 is 0 Å². The van der Waals surface area contributed by atoms with Crippen molar-refractivity contribution in [3.63, 3.8) is 0 Å². The molecule has 6 nitrogen and oxygen atoms in total. The van der Waals surface area contributed by atoms with E-state index in [0.717, 1.165) is 12.8 Å². The van der Waals surface area contributed by atoms with Crippen molar-refractivity contribution in [2.45, 2.75) is 18.9 Å². The molecule has 0 radical (unpaired) electrons. The zero-order valence-electron chi connectivity index (χ0n) is 10.2. The molecule has 0 spiro atoms. The number of carbonyl (C=O) groups excluding carboxylic acids is 1. The third-order valence-corrected chi connectivity index (χ3v) is 2.98. The molecule has 0 aliphatic carbocycles. The van der Waals surface area contributed by atoms with Crippen molar-refractivity contribution in [1.82, 2.24) is 14.9 Å². The van der Waals surface area contributed by atoms with E-state index in [1.54, 1.807) is 4.90 Å². The minimum Gasteiger partial charge on any atom is -0.394 e. The van der Waals surface area contributed by atoms with Crippen LogP contribution in [-0.4, -0.2) is 58.3 Å². The van der Waals surface area contributed by atoms with Crippen molar-refractivity contribution in [2.75, 3.05) is 26.3 Å². The van der Waals surface area contributed by atoms with Gasteiger partial charge in [0.25, 0.3) is 5.91 Å². The van der Waals surface area contributed by atoms with Gasteiger partial charge in [-0.2, -0.15) is 0 Å². The molecule has 0 aromatic carbocycles. The van der Waals surface area contributed by atoms with E-state index in [9.17, 15) is 4.79 Å². The molecule has 1 aliphatic rings. The molecule has 1 aromatic rings. The fourth-order valence-corrected chi connectivity index (χ4v) is 2.04. The smallest absolute Gasteiger partial charge is 0.256 e. The summed E-state index contributed by atoms with van der Waals surface area (Å²) in [4.78, 5) is 21.6. The van der Waals surface area contributed by atoms with E-state index in [2.05, 4.69) is 9.97 Å². The summed E-state index contributed by atoms with van der Waals surface area (Å²) in [6.07, 6.45) is 6.23. The number of aromatic nitrogens is 2. The van der Waals surface area contributed by atoms with Gasteiger partial charge in [-0.05, 0) is 12.8 Å². The highest BCUT2D eigenvalue weighted by molar-refractivity contribution is 5.93. The molecular weight excluding hydrogens is 234 g/mol. The van der Waals surface area contributed by atoms with E-state index < -0.39 is 0 Å². The number of nitrogens with zero attached hydrogens (tertiary/aromatic N) is 3. The lowest BCUT2D eigenvalue weighted by Gasteiger charge is -2.31. The highest BCUT2D eigenvalue weighted by atomic mass is 16.5. The molecule has 1 amide bonds. The molecule has 1 N–H and O–H groups in total. The van der Waals surface area contributed by atoms with E-state index in [-0.39, 0.29) is 18.6 Å². The third kappa shape index (κ3) is 3.24. The number of likely N-dealkylation sites (tertiary alicyclic amines) is 1. The lowest BCUT2D eigenvalue weighted by molar-refractivity contribution is -0.00555. The second-order valence-corrected chi connectivity index (χ2v) is 4.21. The Balaban J connectivity index is 1.84. The molecule has 6 heteroatoms. The Morgan fingerprint density at radius 2 is 2.06 bits per heavy atom. The number of rotatable bonds is 4. The molecule has 0 bridgehead atoms. The maximum Gasteiger partial charge on any atom is 0.256 e. The molecule has 1 aliphatic heterocycles. The second kappa shape index (κ2) is 6.42. The summed E-state index contributed by atoms with van der Waals surface area (Å²) < 4.78 is 5.45. The Morgan fingerprint density at radius 1 is 1.39 bits per heavy atom. The van der Waals surface area contributed by atoms with E-state index in [1.807, 2.05) is 0 Å². The topological polar surface area (TPSA) is 75.6 Å². The van der Waals surface area contributed by atoms with E-state index in [4.69, 9.17) is 9.84 Å². The van der Waals surface area contributed by atoms with Gasteiger partial charge < -0.3 is 14.7 Å². The van der Waals surface area contributed by atoms with Crippen LogP contribution in [0, 0.1) is 0 Å². The summed E-state index contributed by atoms with van der Waals surface area (Å²) in [5.41, 5.74) is 0.521. The Kier molecular flexibility index (Phi) is 4.60. The number of ether oxygens (including phenoxy) is 1. The number of aliphatic hydroxyl groups is 1. The molecule has 2 heterocycles. The molecule has 0 unspecified atom stereocenters. The summed E-state index contributed by atoms with van der Waals surface area (Å²) in [6.45, 7) is 1.75. The van der Waals surface area contributed by atoms with Gasteiger partial charge in [-0.25, -0.2) is 9.97 Å². The van der Waals surface area contributed by atoms with Crippen LogP contribution < -0.4 is 0 Å². The molecule has 18 heavy (non-hydrogen) atoms. The van der Waals surface area contributed by atoms with Gasteiger partial charge in [0.05, 0.1) is 24.9 Å². The average molecular weight is 251 g/mol. The molecule has 0 atom stereocenters. The van der Waals surface area contributed by atoms with Gasteiger partial charge >= 0.3 is 0 Å². The minimum absolute atomic E-state index is 0.0313. The van der Waals surface area contributed by atoms with E-state index in [0.29, 0.717) is 25.3 Å². The Hall–Kier alpha value is -1.53. The molecular formula is C12H17N3O3. The van der Waals surface area contributed by atoms with Crippen molar-refractivity contribution in [3.8, 4) is 0 Å². The van der Waals surface area contributed by atoms with Crippen LogP contribution in [0.15, 0.2) is 18.7 Å². The van der Waals surface area contributed by atoms with Crippen molar-refractivity contribution < 1.29 is 14.6 Å². The SMILES string of the molecule is O=C(c1cncnc1)N1CCC(OCCO)CC1. The average Bonchev–Trinajstić information content (AvgIpc) is 2.46. The normalized spacial score (nSPS) is 16.8. The lowest BCUT2D eigenvalue weighted by Crippen LogP contribution is -2.41. The number of amides is 1. The van der Waals surface area contributed by atoms with Gasteiger partial charge in [-0.1, -0.05) is 0 Å². The van der Waals surface area contributed by atoms with Crippen LogP contribution in [0.2, 0.25) is 0 Å². The quantitative estimate of drug-likeness (QED) is 0.820. The molecule has 0 saturated carbocycles. The summed E-state index contributed by atoms with van der Waals surface area (Å²) in [5.74, 6) is -0.0313. The zero-order chi connectivity index (χ0) is 12.8. The fraction of sp³-hybridized carbons (Fsp3) is 0.583. The summed E-state index contributed by atoms with van der Waals surface area (Å²) >= 11 is 0. The van der Waals surface area contributed by atoms with E-state index in [1.165, 1.54) is 18.7 Å². The Morgan fingerprint density at radius 3 is 2.67 bits per heavy atom. The van der Waals surface area contributed by atoms with Crippen LogP contribution in [0.5, 0.6) is 0 Å². The highest BCUT2D eigenvalue weighted by Gasteiger charge is 2.24. The summed E-state index contributed by atoms with van der Waals surface area (Å²) in [5, 5.41) is 8.68. The first-order valence-corrected chi connectivity index (χ1v) is 6.08. The number of carbonyl (C=O) groups is 1. The number of aliphatic hydroxyl groups excluding tert-OH is 1. The standard InChI is InChI=1S/C12H17N3O3/c16-5-6-18-11-1-3-15(4-2-11)12(17)10-7-13-9-14-8-10/h7-9,11,16H,1-6H2. The first kappa shape index (κ1) is 12.9. The van der Waals surface area contributed by atoms with Gasteiger partial charge in [0, 0.05) is 25.5 Å². The van der Waals surface area contributed by atoms with Crippen molar-refractivity contribution in [1.29, 1.82) is 0 Å². The van der Waals surface area contributed by atoms with Crippen LogP contribution in [0.1, 0.15) is 23.2 Å². The minimum atomic E-state index is -0.0313. The molecule has 2 rings (SSSR count). The molecule has 1 saturated heterocycles. The van der Waals surface area contributed by atoms with Gasteiger partial charge in [-0.15, -0.1) is 0 Å². The predicted molar refractivity (Wildman–Crippen MR) is 64.0 cm³/mol. The number of hydrogen-bond acceptors (Lipinski definition) is 5. The predicted octanol–water partition coefficient (Wildman–Crippen LogP) is 0.0901.